The summed E-state index contributed by atoms with van der Waals surface area (Å²) in [4.78, 5) is 25.8. The second-order valence-corrected chi connectivity index (χ2v) is 8.16. The second kappa shape index (κ2) is 8.46. The highest BCUT2D eigenvalue weighted by Gasteiger charge is 2.29. The highest BCUT2D eigenvalue weighted by molar-refractivity contribution is 6.33. The smallest absolute Gasteiger partial charge is 0.234 e. The predicted octanol–water partition coefficient (Wildman–Crippen LogP) is 4.25. The number of anilines is 1. The molecular formula is C23H25ClN2O3. The van der Waals surface area contributed by atoms with Gasteiger partial charge in [-0.1, -0.05) is 29.8 Å². The van der Waals surface area contributed by atoms with Crippen LogP contribution in [0.3, 0.4) is 0 Å². The summed E-state index contributed by atoms with van der Waals surface area (Å²) in [5, 5.41) is 3.08. The fourth-order valence-corrected chi connectivity index (χ4v) is 4.65. The van der Waals surface area contributed by atoms with Gasteiger partial charge in [-0.05, 0) is 60.6 Å². The highest BCUT2D eigenvalue weighted by atomic mass is 35.5. The second-order valence-electron chi connectivity index (χ2n) is 7.75. The number of benzene rings is 2. The molecule has 152 valence electrons. The molecule has 1 unspecified atom stereocenters. The Bertz CT molecular complexity index is 905. The van der Waals surface area contributed by atoms with Crippen LogP contribution >= 0.6 is 11.6 Å². The zero-order valence-corrected chi connectivity index (χ0v) is 17.2. The molecule has 0 aromatic heterocycles. The number of piperidine rings is 2. The van der Waals surface area contributed by atoms with Crippen LogP contribution in [0.5, 0.6) is 5.75 Å². The van der Waals surface area contributed by atoms with Crippen molar-refractivity contribution in [1.82, 2.24) is 5.32 Å². The lowest BCUT2D eigenvalue weighted by Crippen LogP contribution is -2.39. The first-order chi connectivity index (χ1) is 14.0. The van der Waals surface area contributed by atoms with Crippen molar-refractivity contribution in [2.45, 2.75) is 37.5 Å². The molecule has 2 amide bonds. The summed E-state index contributed by atoms with van der Waals surface area (Å²) >= 11 is 6.59. The Morgan fingerprint density at radius 2 is 1.69 bits per heavy atom. The third-order valence-corrected chi connectivity index (χ3v) is 6.34. The van der Waals surface area contributed by atoms with Gasteiger partial charge in [0.1, 0.15) is 5.75 Å². The van der Waals surface area contributed by atoms with Crippen molar-refractivity contribution in [2.24, 2.45) is 0 Å². The largest absolute Gasteiger partial charge is 0.497 e. The Kier molecular flexibility index (Phi) is 5.76. The van der Waals surface area contributed by atoms with E-state index in [1.54, 1.807) is 7.11 Å². The van der Waals surface area contributed by atoms with Gasteiger partial charge >= 0.3 is 0 Å². The van der Waals surface area contributed by atoms with Crippen LogP contribution in [-0.4, -0.2) is 32.0 Å². The number of carbonyl (C=O) groups excluding carboxylic acids is 2. The maximum Gasteiger partial charge on any atom is 0.234 e. The molecule has 1 N–H and O–H groups in total. The number of methoxy groups -OCH3 is 1. The van der Waals surface area contributed by atoms with Crippen molar-refractivity contribution in [2.75, 3.05) is 25.1 Å². The molecule has 2 aliphatic rings. The predicted molar refractivity (Wildman–Crippen MR) is 114 cm³/mol. The van der Waals surface area contributed by atoms with Crippen LogP contribution in [0.2, 0.25) is 5.02 Å². The van der Waals surface area contributed by atoms with E-state index in [0.717, 1.165) is 42.9 Å². The van der Waals surface area contributed by atoms with Crippen LogP contribution < -0.4 is 15.0 Å². The molecular weight excluding hydrogens is 388 g/mol. The molecule has 0 radical (unpaired) electrons. The molecule has 0 spiro atoms. The van der Waals surface area contributed by atoms with Crippen LogP contribution in [0, 0.1) is 0 Å². The summed E-state index contributed by atoms with van der Waals surface area (Å²) in [5.74, 6) is 0.687. The molecule has 1 atom stereocenters. The fraction of sp³-hybridized carbons (Fsp3) is 0.391. The van der Waals surface area contributed by atoms with Gasteiger partial charge in [-0.25, -0.2) is 0 Å². The molecule has 2 fully saturated rings. The average Bonchev–Trinajstić information content (AvgIpc) is 2.74. The van der Waals surface area contributed by atoms with Gasteiger partial charge in [0.2, 0.25) is 11.8 Å². The minimum Gasteiger partial charge on any atom is -0.497 e. The van der Waals surface area contributed by atoms with Gasteiger partial charge < -0.3 is 9.64 Å². The van der Waals surface area contributed by atoms with E-state index in [1.165, 1.54) is 5.56 Å². The Labute approximate surface area is 176 Å². The van der Waals surface area contributed by atoms with E-state index in [9.17, 15) is 9.59 Å². The van der Waals surface area contributed by atoms with Gasteiger partial charge in [-0.2, -0.15) is 0 Å². The third-order valence-electron chi connectivity index (χ3n) is 6.04. The first-order valence-electron chi connectivity index (χ1n) is 10.1. The number of ether oxygens (including phenoxy) is 1. The van der Waals surface area contributed by atoms with E-state index in [-0.39, 0.29) is 17.7 Å². The van der Waals surface area contributed by atoms with Gasteiger partial charge in [0.05, 0.1) is 23.7 Å². The molecule has 0 saturated carbocycles. The first kappa shape index (κ1) is 19.8. The van der Waals surface area contributed by atoms with Crippen LogP contribution in [-0.2, 0) is 9.59 Å². The quantitative estimate of drug-likeness (QED) is 0.762. The normalized spacial score (nSPS) is 20.5. The number of halogens is 1. The Balaban J connectivity index is 1.42. The lowest BCUT2D eigenvalue weighted by Gasteiger charge is -2.34. The maximum absolute atomic E-state index is 12.1. The average molecular weight is 413 g/mol. The summed E-state index contributed by atoms with van der Waals surface area (Å²) < 4.78 is 5.25. The Morgan fingerprint density at radius 1 is 1.00 bits per heavy atom. The summed E-state index contributed by atoms with van der Waals surface area (Å²) in [6, 6.07) is 14.2. The number of nitrogens with zero attached hydrogens (tertiary/aromatic N) is 1. The van der Waals surface area contributed by atoms with Crippen LogP contribution in [0.1, 0.15) is 48.6 Å². The van der Waals surface area contributed by atoms with Crippen molar-refractivity contribution >= 4 is 29.1 Å². The third kappa shape index (κ3) is 4.25. The van der Waals surface area contributed by atoms with E-state index in [1.807, 2.05) is 30.3 Å². The summed E-state index contributed by atoms with van der Waals surface area (Å²) in [5.41, 5.74) is 3.23. The van der Waals surface area contributed by atoms with Crippen molar-refractivity contribution in [3.63, 3.8) is 0 Å². The number of nitrogens with one attached hydrogen (secondary N) is 1. The monoisotopic (exact) mass is 412 g/mol. The van der Waals surface area contributed by atoms with Crippen molar-refractivity contribution in [1.29, 1.82) is 0 Å². The molecule has 29 heavy (non-hydrogen) atoms. The van der Waals surface area contributed by atoms with Crippen molar-refractivity contribution in [3.8, 4) is 5.75 Å². The molecule has 2 aliphatic heterocycles. The van der Waals surface area contributed by atoms with Crippen LogP contribution in [0.15, 0.2) is 42.5 Å². The molecule has 0 aliphatic carbocycles. The first-order valence-corrected chi connectivity index (χ1v) is 10.4. The summed E-state index contributed by atoms with van der Waals surface area (Å²) in [7, 11) is 1.68. The molecule has 4 rings (SSSR count). The van der Waals surface area contributed by atoms with Gasteiger partial charge in [-0.3, -0.25) is 14.9 Å². The Hall–Kier alpha value is -2.53. The summed E-state index contributed by atoms with van der Waals surface area (Å²) in [6.45, 7) is 1.88. The van der Waals surface area contributed by atoms with Gasteiger partial charge in [-0.15, -0.1) is 0 Å². The van der Waals surface area contributed by atoms with E-state index in [2.05, 4.69) is 22.3 Å². The zero-order valence-electron chi connectivity index (χ0n) is 16.5. The van der Waals surface area contributed by atoms with Crippen molar-refractivity contribution < 1.29 is 14.3 Å². The zero-order chi connectivity index (χ0) is 20.4. The summed E-state index contributed by atoms with van der Waals surface area (Å²) in [6.07, 6.45) is 3.04. The fourth-order valence-electron chi connectivity index (χ4n) is 4.34. The van der Waals surface area contributed by atoms with Crippen molar-refractivity contribution in [3.05, 3.63) is 58.6 Å². The minimum absolute atomic E-state index is 0.200. The Morgan fingerprint density at radius 3 is 2.31 bits per heavy atom. The molecule has 6 heteroatoms. The van der Waals surface area contributed by atoms with E-state index >= 15 is 0 Å². The van der Waals surface area contributed by atoms with Gasteiger partial charge in [0, 0.05) is 19.5 Å². The SMILES string of the molecule is COc1ccc(C2CCN(c3ccc(C4CCC(=O)NC4=O)cc3Cl)CC2)cc1. The van der Waals surface area contributed by atoms with E-state index < -0.39 is 0 Å². The lowest BCUT2D eigenvalue weighted by atomic mass is 9.88. The topological polar surface area (TPSA) is 58.6 Å². The minimum atomic E-state index is -0.306. The standard InChI is InChI=1S/C23H25ClN2O3/c1-29-18-5-2-15(3-6-18)16-10-12-26(13-11-16)21-8-4-17(14-20(21)24)19-7-9-22(27)25-23(19)28/h2-6,8,14,16,19H,7,9-13H2,1H3,(H,25,27,28). The van der Waals surface area contributed by atoms with Crippen LogP contribution in [0.25, 0.3) is 0 Å². The highest BCUT2D eigenvalue weighted by Crippen LogP contribution is 2.36. The van der Waals surface area contributed by atoms with E-state index in [0.29, 0.717) is 23.8 Å². The van der Waals surface area contributed by atoms with E-state index in [4.69, 9.17) is 16.3 Å². The molecule has 0 bridgehead atoms. The molecule has 2 heterocycles. The van der Waals surface area contributed by atoms with Crippen LogP contribution in [0.4, 0.5) is 5.69 Å². The van der Waals surface area contributed by atoms with Gasteiger partial charge in [0.15, 0.2) is 0 Å². The lowest BCUT2D eigenvalue weighted by molar-refractivity contribution is -0.134. The number of carbonyl (C=O) groups is 2. The number of hydrogen-bond acceptors (Lipinski definition) is 4. The molecule has 5 nitrogen and oxygen atoms in total. The number of rotatable bonds is 4. The van der Waals surface area contributed by atoms with Gasteiger partial charge in [0.25, 0.3) is 0 Å². The molecule has 2 saturated heterocycles. The molecule has 2 aromatic carbocycles. The molecule has 2 aromatic rings. The number of imide groups is 1. The number of amides is 2. The maximum atomic E-state index is 12.1. The number of hydrogen-bond donors (Lipinski definition) is 1.